The van der Waals surface area contributed by atoms with Crippen LogP contribution in [0.15, 0.2) is 76.3 Å². The van der Waals surface area contributed by atoms with Crippen molar-refractivity contribution in [3.05, 3.63) is 78.2 Å². The maximum atomic E-state index is 5.62. The molecule has 1 aliphatic heterocycles. The summed E-state index contributed by atoms with van der Waals surface area (Å²) in [6, 6.07) is 20.6. The number of halogens is 1. The van der Waals surface area contributed by atoms with Crippen LogP contribution in [0.1, 0.15) is 11.3 Å². The Bertz CT molecular complexity index is 921. The van der Waals surface area contributed by atoms with Crippen molar-refractivity contribution < 1.29 is 4.42 Å². The molecule has 30 heavy (non-hydrogen) atoms. The van der Waals surface area contributed by atoms with Gasteiger partial charge in [0.15, 0.2) is 5.96 Å². The van der Waals surface area contributed by atoms with E-state index in [1.165, 1.54) is 5.56 Å². The first-order valence-electron chi connectivity index (χ1n) is 10.0. The molecule has 0 spiro atoms. The molecule has 1 fully saturated rings. The minimum absolute atomic E-state index is 0. The number of nitrogens with zero attached hydrogens (tertiary/aromatic N) is 4. The molecule has 7 heteroatoms. The van der Waals surface area contributed by atoms with Crippen LogP contribution in [0.2, 0.25) is 0 Å². The van der Waals surface area contributed by atoms with Crippen molar-refractivity contribution in [1.29, 1.82) is 0 Å². The van der Waals surface area contributed by atoms with Crippen molar-refractivity contribution in [1.82, 2.24) is 20.1 Å². The summed E-state index contributed by atoms with van der Waals surface area (Å²) in [5.74, 6) is 1.56. The van der Waals surface area contributed by atoms with Crippen molar-refractivity contribution in [2.75, 3.05) is 33.2 Å². The van der Waals surface area contributed by atoms with E-state index in [9.17, 15) is 0 Å². The number of aliphatic imine (C=N–C) groups is 1. The Balaban J connectivity index is 0.00000256. The molecular formula is C23H28IN5O. The Morgan fingerprint density at radius 2 is 1.67 bits per heavy atom. The van der Waals surface area contributed by atoms with Crippen LogP contribution in [0.4, 0.5) is 0 Å². The molecule has 0 aliphatic carbocycles. The van der Waals surface area contributed by atoms with Gasteiger partial charge < -0.3 is 14.6 Å². The molecule has 0 radical (unpaired) electrons. The third-order valence-corrected chi connectivity index (χ3v) is 5.13. The average Bonchev–Trinajstić information content (AvgIpc) is 3.26. The van der Waals surface area contributed by atoms with Crippen LogP contribution in [0, 0.1) is 0 Å². The third-order valence-electron chi connectivity index (χ3n) is 5.13. The second-order valence-electron chi connectivity index (χ2n) is 7.16. The second kappa shape index (κ2) is 11.1. The lowest BCUT2D eigenvalue weighted by molar-refractivity contribution is 0.172. The molecule has 0 unspecified atom stereocenters. The molecule has 158 valence electrons. The van der Waals surface area contributed by atoms with Crippen molar-refractivity contribution in [2.45, 2.75) is 13.1 Å². The smallest absolute Gasteiger partial charge is 0.226 e. The van der Waals surface area contributed by atoms with Crippen LogP contribution in [0.3, 0.4) is 0 Å². The summed E-state index contributed by atoms with van der Waals surface area (Å²) >= 11 is 0. The van der Waals surface area contributed by atoms with Gasteiger partial charge in [0.05, 0.1) is 12.2 Å². The van der Waals surface area contributed by atoms with Crippen LogP contribution in [-0.4, -0.2) is 54.0 Å². The van der Waals surface area contributed by atoms with Crippen molar-refractivity contribution in [2.24, 2.45) is 4.99 Å². The maximum absolute atomic E-state index is 5.62. The first-order valence-corrected chi connectivity index (χ1v) is 10.0. The normalized spacial score (nSPS) is 15.0. The number of nitrogens with one attached hydrogen (secondary N) is 1. The highest BCUT2D eigenvalue weighted by molar-refractivity contribution is 14.0. The lowest BCUT2D eigenvalue weighted by Crippen LogP contribution is -2.52. The summed E-state index contributed by atoms with van der Waals surface area (Å²) in [5.41, 5.74) is 3.22. The van der Waals surface area contributed by atoms with Gasteiger partial charge in [0.1, 0.15) is 6.26 Å². The lowest BCUT2D eigenvalue weighted by atomic mass is 10.2. The molecule has 3 aromatic rings. The lowest BCUT2D eigenvalue weighted by Gasteiger charge is -2.36. The summed E-state index contributed by atoms with van der Waals surface area (Å²) in [7, 11) is 1.83. The van der Waals surface area contributed by atoms with Gasteiger partial charge in [-0.1, -0.05) is 48.5 Å². The number of hydrogen-bond acceptors (Lipinski definition) is 4. The molecule has 4 rings (SSSR count). The van der Waals surface area contributed by atoms with Crippen LogP contribution >= 0.6 is 24.0 Å². The molecule has 0 amide bonds. The van der Waals surface area contributed by atoms with Crippen LogP contribution in [0.5, 0.6) is 0 Å². The van der Waals surface area contributed by atoms with Crippen molar-refractivity contribution in [3.63, 3.8) is 0 Å². The number of guanidine groups is 1. The SMILES string of the molecule is CN=C(NCc1coc(-c2ccccc2)n1)N1CCN(Cc2ccccc2)CC1.I. The molecule has 1 aliphatic rings. The Morgan fingerprint density at radius 3 is 2.33 bits per heavy atom. The number of hydrogen-bond donors (Lipinski definition) is 1. The quantitative estimate of drug-likeness (QED) is 0.317. The Kier molecular flexibility index (Phi) is 8.27. The molecular weight excluding hydrogens is 489 g/mol. The topological polar surface area (TPSA) is 56.9 Å². The fraction of sp³-hybridized carbons (Fsp3) is 0.304. The molecule has 1 saturated heterocycles. The number of rotatable bonds is 5. The summed E-state index contributed by atoms with van der Waals surface area (Å²) < 4.78 is 5.62. The second-order valence-corrected chi connectivity index (χ2v) is 7.16. The summed E-state index contributed by atoms with van der Waals surface area (Å²) in [5, 5.41) is 3.42. The first-order chi connectivity index (χ1) is 14.3. The van der Waals surface area contributed by atoms with Gasteiger partial charge in [-0.3, -0.25) is 9.89 Å². The van der Waals surface area contributed by atoms with Gasteiger partial charge in [-0.25, -0.2) is 4.98 Å². The zero-order valence-electron chi connectivity index (χ0n) is 17.2. The summed E-state index contributed by atoms with van der Waals surface area (Å²) in [4.78, 5) is 13.8. The molecule has 0 atom stereocenters. The summed E-state index contributed by atoms with van der Waals surface area (Å²) in [6.07, 6.45) is 1.71. The van der Waals surface area contributed by atoms with E-state index in [1.54, 1.807) is 6.26 Å². The predicted molar refractivity (Wildman–Crippen MR) is 131 cm³/mol. The maximum Gasteiger partial charge on any atom is 0.226 e. The van der Waals surface area contributed by atoms with E-state index >= 15 is 0 Å². The van der Waals surface area contributed by atoms with E-state index in [4.69, 9.17) is 4.42 Å². The van der Waals surface area contributed by atoms with Crippen molar-refractivity contribution in [3.8, 4) is 11.5 Å². The van der Waals surface area contributed by atoms with E-state index in [2.05, 4.69) is 55.4 Å². The zero-order valence-corrected chi connectivity index (χ0v) is 19.5. The van der Waals surface area contributed by atoms with Gasteiger partial charge in [-0.05, 0) is 17.7 Å². The van der Waals surface area contributed by atoms with Crippen LogP contribution in [0.25, 0.3) is 11.5 Å². The zero-order chi connectivity index (χ0) is 19.9. The van der Waals surface area contributed by atoms with E-state index in [1.807, 2.05) is 37.4 Å². The molecule has 2 aromatic carbocycles. The highest BCUT2D eigenvalue weighted by Crippen LogP contribution is 2.18. The van der Waals surface area contributed by atoms with Crippen LogP contribution < -0.4 is 5.32 Å². The van der Waals surface area contributed by atoms with Gasteiger partial charge in [-0.2, -0.15) is 0 Å². The van der Waals surface area contributed by atoms with E-state index in [0.29, 0.717) is 12.4 Å². The fourth-order valence-electron chi connectivity index (χ4n) is 3.56. The van der Waals surface area contributed by atoms with Gasteiger partial charge in [0.2, 0.25) is 5.89 Å². The number of aromatic nitrogens is 1. The molecule has 6 nitrogen and oxygen atoms in total. The Labute approximate surface area is 195 Å². The first kappa shape index (κ1) is 22.3. The molecule has 0 bridgehead atoms. The molecule has 1 aromatic heterocycles. The summed E-state index contributed by atoms with van der Waals surface area (Å²) in [6.45, 7) is 5.56. The highest BCUT2D eigenvalue weighted by atomic mass is 127. The van der Waals surface area contributed by atoms with Crippen LogP contribution in [-0.2, 0) is 13.1 Å². The Hall–Kier alpha value is -2.39. The van der Waals surface area contributed by atoms with E-state index in [0.717, 1.165) is 49.9 Å². The number of oxazole rings is 1. The molecule has 2 heterocycles. The predicted octanol–water partition coefficient (Wildman–Crippen LogP) is 3.85. The monoisotopic (exact) mass is 517 g/mol. The van der Waals surface area contributed by atoms with Crippen molar-refractivity contribution >= 4 is 29.9 Å². The number of benzene rings is 2. The third kappa shape index (κ3) is 5.82. The fourth-order valence-corrected chi connectivity index (χ4v) is 3.56. The van der Waals surface area contributed by atoms with E-state index < -0.39 is 0 Å². The standard InChI is InChI=1S/C23H27N5O.HI/c1-24-23(25-16-21-18-29-22(26-21)20-10-6-3-7-11-20)28-14-12-27(13-15-28)17-19-8-4-2-5-9-19;/h2-11,18H,12-17H2,1H3,(H,24,25);1H. The van der Waals surface area contributed by atoms with Gasteiger partial charge in [0, 0.05) is 45.3 Å². The van der Waals surface area contributed by atoms with Gasteiger partial charge >= 0.3 is 0 Å². The average molecular weight is 517 g/mol. The molecule has 0 saturated carbocycles. The van der Waals surface area contributed by atoms with E-state index in [-0.39, 0.29) is 24.0 Å². The minimum Gasteiger partial charge on any atom is -0.444 e. The van der Waals surface area contributed by atoms with Gasteiger partial charge in [0.25, 0.3) is 0 Å². The van der Waals surface area contributed by atoms with Gasteiger partial charge in [-0.15, -0.1) is 24.0 Å². The Morgan fingerprint density at radius 1 is 1.00 bits per heavy atom. The largest absolute Gasteiger partial charge is 0.444 e. The number of piperazine rings is 1. The minimum atomic E-state index is 0. The highest BCUT2D eigenvalue weighted by Gasteiger charge is 2.19. The molecule has 1 N–H and O–H groups in total.